The van der Waals surface area contributed by atoms with Gasteiger partial charge in [0.05, 0.1) is 39.9 Å². The second kappa shape index (κ2) is 28.0. The maximum Gasteiger partial charge on any atom is 0.472 e. The zero-order chi connectivity index (χ0) is 32.9. The summed E-state index contributed by atoms with van der Waals surface area (Å²) in [4.78, 5) is 22.2. The van der Waals surface area contributed by atoms with Gasteiger partial charge in [-0.05, 0) is 44.9 Å². The number of unbranched alkanes of at least 4 members (excludes halogenated alkanes) is 13. The fourth-order valence-corrected chi connectivity index (χ4v) is 5.26. The van der Waals surface area contributed by atoms with Crippen LogP contribution in [0.25, 0.3) is 0 Å². The predicted octanol–water partition coefficient (Wildman–Crippen LogP) is 8.40. The van der Waals surface area contributed by atoms with Crippen LogP contribution in [0, 0.1) is 0 Å². The Morgan fingerprint density at radius 2 is 1.25 bits per heavy atom. The number of hydrogen-bond donors (Lipinski definition) is 3. The lowest BCUT2D eigenvalue weighted by molar-refractivity contribution is -0.870. The summed E-state index contributed by atoms with van der Waals surface area (Å²) in [5, 5.41) is 13.4. The van der Waals surface area contributed by atoms with Crippen LogP contribution in [0.4, 0.5) is 0 Å². The van der Waals surface area contributed by atoms with Crippen molar-refractivity contribution in [1.29, 1.82) is 0 Å². The van der Waals surface area contributed by atoms with Gasteiger partial charge in [0, 0.05) is 6.42 Å². The second-order valence-corrected chi connectivity index (χ2v) is 14.3. The number of amides is 1. The van der Waals surface area contributed by atoms with Crippen molar-refractivity contribution >= 4 is 13.7 Å². The quantitative estimate of drug-likeness (QED) is 0.0314. The van der Waals surface area contributed by atoms with Gasteiger partial charge in [-0.2, -0.15) is 0 Å². The van der Waals surface area contributed by atoms with Gasteiger partial charge in [0.2, 0.25) is 5.91 Å². The molecule has 3 atom stereocenters. The number of aliphatic hydroxyl groups excluding tert-OH is 1. The van der Waals surface area contributed by atoms with Crippen LogP contribution in [0.3, 0.4) is 0 Å². The van der Waals surface area contributed by atoms with Crippen LogP contribution in [-0.4, -0.2) is 73.4 Å². The van der Waals surface area contributed by atoms with Crippen molar-refractivity contribution in [3.05, 3.63) is 36.5 Å². The number of phosphoric ester groups is 1. The third-order valence-corrected chi connectivity index (χ3v) is 8.29. The molecule has 0 aliphatic rings. The number of allylic oxidation sites excluding steroid dienone is 5. The number of carbonyl (C=O) groups excluding carboxylic acids is 1. The van der Waals surface area contributed by atoms with Gasteiger partial charge in [-0.25, -0.2) is 4.57 Å². The summed E-state index contributed by atoms with van der Waals surface area (Å²) in [5.41, 5.74) is 0. The Morgan fingerprint density at radius 3 is 1.77 bits per heavy atom. The molecule has 3 unspecified atom stereocenters. The zero-order valence-electron chi connectivity index (χ0n) is 28.9. The Hall–Kier alpha value is -1.28. The molecule has 258 valence electrons. The van der Waals surface area contributed by atoms with Crippen LogP contribution in [-0.2, 0) is 18.4 Å². The van der Waals surface area contributed by atoms with Crippen LogP contribution < -0.4 is 5.32 Å². The van der Waals surface area contributed by atoms with Gasteiger partial charge < -0.3 is 19.8 Å². The number of rotatable bonds is 30. The molecule has 0 saturated carbocycles. The number of nitrogens with one attached hydrogen (secondary N) is 1. The molecule has 0 aromatic carbocycles. The van der Waals surface area contributed by atoms with Crippen molar-refractivity contribution in [2.45, 2.75) is 142 Å². The van der Waals surface area contributed by atoms with Crippen LogP contribution in [0.5, 0.6) is 0 Å². The van der Waals surface area contributed by atoms with E-state index in [1.807, 2.05) is 34.1 Å². The molecule has 0 aliphatic carbocycles. The maximum absolute atomic E-state index is 12.3. The summed E-state index contributed by atoms with van der Waals surface area (Å²) in [6.45, 7) is 4.39. The molecule has 0 aromatic heterocycles. The van der Waals surface area contributed by atoms with Gasteiger partial charge in [-0.3, -0.25) is 13.8 Å². The van der Waals surface area contributed by atoms with Crippen molar-refractivity contribution in [2.24, 2.45) is 0 Å². The number of quaternary nitrogens is 1. The average Bonchev–Trinajstić information content (AvgIpc) is 2.95. The van der Waals surface area contributed by atoms with E-state index in [4.69, 9.17) is 9.05 Å². The number of aliphatic hydroxyl groups is 1. The average molecular weight is 644 g/mol. The highest BCUT2D eigenvalue weighted by Gasteiger charge is 2.27. The Bertz CT molecular complexity index is 825. The van der Waals surface area contributed by atoms with E-state index in [1.165, 1.54) is 77.0 Å². The van der Waals surface area contributed by atoms with Gasteiger partial charge in [0.15, 0.2) is 0 Å². The minimum atomic E-state index is -4.31. The van der Waals surface area contributed by atoms with E-state index < -0.39 is 20.0 Å². The molecule has 3 N–H and O–H groups in total. The van der Waals surface area contributed by atoms with Gasteiger partial charge in [-0.15, -0.1) is 0 Å². The molecule has 0 fully saturated rings. The Labute approximate surface area is 270 Å². The van der Waals surface area contributed by atoms with Crippen LogP contribution >= 0.6 is 7.82 Å². The topological polar surface area (TPSA) is 105 Å². The molecule has 44 heavy (non-hydrogen) atoms. The highest BCUT2D eigenvalue weighted by molar-refractivity contribution is 7.47. The number of likely N-dealkylation sites (N-methyl/N-ethyl adjacent to an activating group) is 1. The van der Waals surface area contributed by atoms with Crippen molar-refractivity contribution < 1.29 is 32.9 Å². The minimum absolute atomic E-state index is 0.0514. The van der Waals surface area contributed by atoms with Crippen molar-refractivity contribution in [1.82, 2.24) is 5.32 Å². The van der Waals surface area contributed by atoms with Crippen LogP contribution in [0.1, 0.15) is 129 Å². The maximum atomic E-state index is 12.3. The lowest BCUT2D eigenvalue weighted by Crippen LogP contribution is -2.45. The van der Waals surface area contributed by atoms with Gasteiger partial charge in [0.25, 0.3) is 0 Å². The standard InChI is InChI=1S/C35H67N2O6P/c1-6-8-9-10-11-12-13-14-15-16-17-18-19-20-21-22-23-24-25-26-27-29-34(38)33(36-35(39)28-7-2)32-43-44(40,41)42-31-30-37(3,4)5/h19-20,23-24,27,29,33-34,38H,6-18,21-22,25-26,28,30-32H2,1-5H3,(H-,36,39,40,41)/p+1/b20-19+,24-23+,29-27+. The summed E-state index contributed by atoms with van der Waals surface area (Å²) in [5.74, 6) is -0.247. The molecule has 1 amide bonds. The summed E-state index contributed by atoms with van der Waals surface area (Å²) < 4.78 is 23.0. The van der Waals surface area contributed by atoms with Crippen molar-refractivity contribution in [3.8, 4) is 0 Å². The Kier molecular flexibility index (Phi) is 27.2. The molecular formula is C35H68N2O6P+. The molecule has 0 bridgehead atoms. The smallest absolute Gasteiger partial charge is 0.387 e. The summed E-state index contributed by atoms with van der Waals surface area (Å²) >= 11 is 0. The molecule has 8 nitrogen and oxygen atoms in total. The van der Waals surface area contributed by atoms with Crippen molar-refractivity contribution in [3.63, 3.8) is 0 Å². The Balaban J connectivity index is 4.17. The summed E-state index contributed by atoms with van der Waals surface area (Å²) in [7, 11) is 1.53. The molecule has 0 aliphatic heterocycles. The highest BCUT2D eigenvalue weighted by atomic mass is 31.2. The lowest BCUT2D eigenvalue weighted by Gasteiger charge is -2.25. The Morgan fingerprint density at radius 1 is 0.750 bits per heavy atom. The van der Waals surface area contributed by atoms with E-state index >= 15 is 0 Å². The van der Waals surface area contributed by atoms with Gasteiger partial charge in [-0.1, -0.05) is 115 Å². The first-order valence-electron chi connectivity index (χ1n) is 17.4. The molecule has 0 spiro atoms. The van der Waals surface area contributed by atoms with E-state index in [-0.39, 0.29) is 19.1 Å². The molecule has 0 radical (unpaired) electrons. The third kappa shape index (κ3) is 29.4. The first-order valence-corrected chi connectivity index (χ1v) is 18.9. The number of hydrogen-bond acceptors (Lipinski definition) is 5. The lowest BCUT2D eigenvalue weighted by atomic mass is 10.1. The first-order chi connectivity index (χ1) is 21.0. The van der Waals surface area contributed by atoms with E-state index in [9.17, 15) is 19.4 Å². The van der Waals surface area contributed by atoms with Crippen LogP contribution in [0.2, 0.25) is 0 Å². The monoisotopic (exact) mass is 643 g/mol. The number of phosphoric acid groups is 1. The molecule has 0 rings (SSSR count). The van der Waals surface area contributed by atoms with Gasteiger partial charge >= 0.3 is 7.82 Å². The molecular weight excluding hydrogens is 575 g/mol. The molecule has 0 aromatic rings. The van der Waals surface area contributed by atoms with E-state index in [0.29, 0.717) is 23.9 Å². The number of nitrogens with zero attached hydrogens (tertiary/aromatic N) is 1. The van der Waals surface area contributed by atoms with Gasteiger partial charge in [0.1, 0.15) is 13.2 Å². The third-order valence-electron chi connectivity index (χ3n) is 7.31. The summed E-state index contributed by atoms with van der Waals surface area (Å²) in [6.07, 6.45) is 32.3. The largest absolute Gasteiger partial charge is 0.472 e. The zero-order valence-corrected chi connectivity index (χ0v) is 29.8. The number of carbonyl (C=O) groups is 1. The molecule has 9 heteroatoms. The van der Waals surface area contributed by atoms with Crippen molar-refractivity contribution in [2.75, 3.05) is 40.9 Å². The fraction of sp³-hybridized carbons (Fsp3) is 0.800. The van der Waals surface area contributed by atoms with Crippen LogP contribution in [0.15, 0.2) is 36.5 Å². The first kappa shape index (κ1) is 42.7. The highest BCUT2D eigenvalue weighted by Crippen LogP contribution is 2.43. The van der Waals surface area contributed by atoms with E-state index in [2.05, 4.69) is 36.5 Å². The molecule has 0 heterocycles. The second-order valence-electron chi connectivity index (χ2n) is 12.9. The fourth-order valence-electron chi connectivity index (χ4n) is 4.53. The van der Waals surface area contributed by atoms with E-state index in [1.54, 1.807) is 6.08 Å². The normalized spacial score (nSPS) is 15.3. The van der Waals surface area contributed by atoms with E-state index in [0.717, 1.165) is 25.7 Å². The SMILES string of the molecule is CCCCCCCCCCCCC/C=C/CC/C=C/CC/C=C/C(O)C(COP(=O)(O)OCC[N+](C)(C)C)NC(=O)CCC. The predicted molar refractivity (Wildman–Crippen MR) is 184 cm³/mol. The molecule has 0 saturated heterocycles. The summed E-state index contributed by atoms with van der Waals surface area (Å²) in [6, 6.07) is -0.861. The minimum Gasteiger partial charge on any atom is -0.387 e.